The normalized spacial score (nSPS) is 10.2. The van der Waals surface area contributed by atoms with Crippen LogP contribution in [0.3, 0.4) is 0 Å². The number of benzene rings is 1. The molecule has 0 N–H and O–H groups in total. The molecule has 1 aromatic carbocycles. The summed E-state index contributed by atoms with van der Waals surface area (Å²) >= 11 is 0. The third kappa shape index (κ3) is 5.02. The van der Waals surface area contributed by atoms with Crippen LogP contribution in [0.2, 0.25) is 0 Å². The molecule has 20 heavy (non-hydrogen) atoms. The van der Waals surface area contributed by atoms with Crippen LogP contribution in [-0.4, -0.2) is 34.9 Å². The highest BCUT2D eigenvalue weighted by Gasteiger charge is 2.15. The van der Waals surface area contributed by atoms with Gasteiger partial charge in [0.2, 0.25) is 0 Å². The van der Waals surface area contributed by atoms with Gasteiger partial charge >= 0.3 is 5.84 Å². The average Bonchev–Trinajstić information content (AvgIpc) is 2.37. The molecular formula is C17H26N3+. The van der Waals surface area contributed by atoms with Crippen molar-refractivity contribution in [3.8, 4) is 0 Å². The fourth-order valence-electron chi connectivity index (χ4n) is 1.95. The second-order valence-electron chi connectivity index (χ2n) is 5.63. The third-order valence-corrected chi connectivity index (χ3v) is 2.87. The maximum Gasteiger partial charge on any atom is 0.355 e. The van der Waals surface area contributed by atoms with Crippen molar-refractivity contribution in [2.24, 2.45) is 4.99 Å². The molecule has 108 valence electrons. The van der Waals surface area contributed by atoms with Crippen LogP contribution in [0.15, 0.2) is 35.3 Å². The van der Waals surface area contributed by atoms with Crippen LogP contribution in [0.4, 0.5) is 0 Å². The molecule has 0 heterocycles. The first kappa shape index (κ1) is 16.2. The van der Waals surface area contributed by atoms with E-state index in [9.17, 15) is 0 Å². The summed E-state index contributed by atoms with van der Waals surface area (Å²) in [4.78, 5) is 6.77. The highest BCUT2D eigenvalue weighted by atomic mass is 15.2. The molecule has 3 heteroatoms. The van der Waals surface area contributed by atoms with Gasteiger partial charge in [0.05, 0.1) is 23.4 Å². The van der Waals surface area contributed by atoms with Crippen molar-refractivity contribution < 1.29 is 0 Å². The van der Waals surface area contributed by atoms with E-state index in [4.69, 9.17) is 0 Å². The van der Waals surface area contributed by atoms with Crippen molar-refractivity contribution in [2.75, 3.05) is 0 Å². The second-order valence-corrected chi connectivity index (χ2v) is 5.63. The molecular weight excluding hydrogens is 246 g/mol. The number of nitrogens with zero attached hydrogens (tertiary/aromatic N) is 3. The summed E-state index contributed by atoms with van der Waals surface area (Å²) in [6, 6.07) is 10.9. The van der Waals surface area contributed by atoms with Gasteiger partial charge in [0.1, 0.15) is 0 Å². The van der Waals surface area contributed by atoms with Crippen LogP contribution < -0.4 is 4.67 Å². The van der Waals surface area contributed by atoms with Gasteiger partial charge in [0, 0.05) is 0 Å². The van der Waals surface area contributed by atoms with Crippen LogP contribution in [0.5, 0.6) is 0 Å². The SMILES string of the molecule is CC(C)=NC(=[N+]=CN(C(C)C)C(C)C)c1ccccc1. The fourth-order valence-corrected chi connectivity index (χ4v) is 1.95. The Hall–Kier alpha value is -1.86. The Morgan fingerprint density at radius 1 is 1.05 bits per heavy atom. The lowest BCUT2D eigenvalue weighted by Gasteiger charge is -2.21. The second kappa shape index (κ2) is 7.66. The van der Waals surface area contributed by atoms with Gasteiger partial charge in [0.25, 0.3) is 6.34 Å². The van der Waals surface area contributed by atoms with Gasteiger partial charge in [0.15, 0.2) is 0 Å². The highest BCUT2D eigenvalue weighted by molar-refractivity contribution is 6.06. The summed E-state index contributed by atoms with van der Waals surface area (Å²) in [5.74, 6) is 0.761. The van der Waals surface area contributed by atoms with Crippen molar-refractivity contribution in [3.63, 3.8) is 0 Å². The number of rotatable bonds is 4. The summed E-state index contributed by atoms with van der Waals surface area (Å²) in [6.45, 7) is 12.7. The first-order valence-corrected chi connectivity index (χ1v) is 7.17. The standard InChI is InChI=1S/C17H26N3/c1-13(2)19-17(16-10-8-7-9-11-16)18-12-20(14(3)4)15(5)6/h7-12,14-15H,1-6H3/q+1. The molecule has 0 radical (unpaired) electrons. The van der Waals surface area contributed by atoms with Crippen molar-refractivity contribution in [2.45, 2.75) is 53.6 Å². The quantitative estimate of drug-likeness (QED) is 0.470. The smallest absolute Gasteiger partial charge is 0.282 e. The van der Waals surface area contributed by atoms with Gasteiger partial charge in [-0.25, -0.2) is 4.67 Å². The van der Waals surface area contributed by atoms with Crippen LogP contribution >= 0.6 is 0 Å². The maximum absolute atomic E-state index is 4.61. The largest absolute Gasteiger partial charge is 0.355 e. The van der Waals surface area contributed by atoms with Crippen molar-refractivity contribution in [1.82, 2.24) is 9.57 Å². The van der Waals surface area contributed by atoms with Crippen molar-refractivity contribution in [3.05, 3.63) is 35.9 Å². The zero-order valence-electron chi connectivity index (χ0n) is 13.5. The van der Waals surface area contributed by atoms with E-state index in [1.54, 1.807) is 0 Å². The Balaban J connectivity index is 3.24. The molecule has 0 spiro atoms. The Morgan fingerprint density at radius 2 is 1.60 bits per heavy atom. The lowest BCUT2D eigenvalue weighted by molar-refractivity contribution is 0.301. The van der Waals surface area contributed by atoms with E-state index in [-0.39, 0.29) is 0 Å². The van der Waals surface area contributed by atoms with Gasteiger partial charge in [-0.15, -0.1) is 0 Å². The minimum Gasteiger partial charge on any atom is -0.282 e. The number of hydrogen-bond acceptors (Lipinski definition) is 0. The predicted molar refractivity (Wildman–Crippen MR) is 89.6 cm³/mol. The molecule has 0 aliphatic rings. The molecule has 0 aromatic heterocycles. The van der Waals surface area contributed by atoms with E-state index in [0.717, 1.165) is 17.1 Å². The fraction of sp³-hybridized carbons (Fsp3) is 0.471. The monoisotopic (exact) mass is 272 g/mol. The summed E-state index contributed by atoms with van der Waals surface area (Å²) in [6.07, 6.45) is 1.91. The Kier molecular flexibility index (Phi) is 6.20. The van der Waals surface area contributed by atoms with Gasteiger partial charge < -0.3 is 0 Å². The molecule has 3 nitrogen and oxygen atoms in total. The first-order valence-electron chi connectivity index (χ1n) is 7.17. The highest BCUT2D eigenvalue weighted by Crippen LogP contribution is 2.02. The molecule has 0 saturated carbocycles. The van der Waals surface area contributed by atoms with Crippen LogP contribution in [0, 0.1) is 0 Å². The Bertz CT molecular complexity index is 494. The van der Waals surface area contributed by atoms with E-state index in [0.29, 0.717) is 12.1 Å². The topological polar surface area (TPSA) is 29.7 Å². The van der Waals surface area contributed by atoms with Crippen LogP contribution in [0.25, 0.3) is 0 Å². The maximum atomic E-state index is 4.61. The summed E-state index contributed by atoms with van der Waals surface area (Å²) in [5.41, 5.74) is 2.04. The minimum absolute atomic E-state index is 0.419. The van der Waals surface area contributed by atoms with Gasteiger partial charge in [-0.05, 0) is 53.7 Å². The summed E-state index contributed by atoms with van der Waals surface area (Å²) < 4.78 is 4.61. The van der Waals surface area contributed by atoms with Gasteiger partial charge in [-0.1, -0.05) is 23.2 Å². The Labute approximate surface area is 122 Å². The van der Waals surface area contributed by atoms with Crippen LogP contribution in [0.1, 0.15) is 47.1 Å². The molecule has 1 rings (SSSR count). The van der Waals surface area contributed by atoms with Gasteiger partial charge in [-0.3, -0.25) is 4.90 Å². The first-order chi connectivity index (χ1) is 9.41. The molecule has 0 aliphatic carbocycles. The van der Waals surface area contributed by atoms with E-state index in [1.165, 1.54) is 0 Å². The number of amidine groups is 1. The molecule has 0 fully saturated rings. The Morgan fingerprint density at radius 3 is 2.05 bits per heavy atom. The molecule has 0 amide bonds. The van der Waals surface area contributed by atoms with Gasteiger partial charge in [-0.2, -0.15) is 0 Å². The molecule has 0 unspecified atom stereocenters. The summed E-state index contributed by atoms with van der Waals surface area (Å²) in [5, 5.41) is 0. The molecule has 0 atom stereocenters. The summed E-state index contributed by atoms with van der Waals surface area (Å²) in [7, 11) is 0. The zero-order chi connectivity index (χ0) is 15.1. The lowest BCUT2D eigenvalue weighted by atomic mass is 10.2. The number of aliphatic imine (C=N–C) groups is 1. The zero-order valence-corrected chi connectivity index (χ0v) is 13.5. The van der Waals surface area contributed by atoms with E-state index in [2.05, 4.69) is 42.3 Å². The van der Waals surface area contributed by atoms with E-state index >= 15 is 0 Å². The molecule has 1 aromatic rings. The van der Waals surface area contributed by atoms with E-state index in [1.807, 2.05) is 50.5 Å². The third-order valence-electron chi connectivity index (χ3n) is 2.87. The van der Waals surface area contributed by atoms with E-state index < -0.39 is 0 Å². The molecule has 0 saturated heterocycles. The number of hydrogen-bond donors (Lipinski definition) is 0. The molecule has 0 bridgehead atoms. The van der Waals surface area contributed by atoms with Crippen molar-refractivity contribution in [1.29, 1.82) is 0 Å². The van der Waals surface area contributed by atoms with Crippen molar-refractivity contribution >= 4 is 17.9 Å². The van der Waals surface area contributed by atoms with Crippen LogP contribution in [-0.2, 0) is 0 Å². The predicted octanol–water partition coefficient (Wildman–Crippen LogP) is 3.13. The lowest BCUT2D eigenvalue weighted by Crippen LogP contribution is -2.36. The minimum atomic E-state index is 0.419. The molecule has 0 aliphatic heterocycles. The average molecular weight is 272 g/mol.